The second-order valence-corrected chi connectivity index (χ2v) is 4.25. The normalized spacial score (nSPS) is 11.7. The maximum absolute atomic E-state index is 12.8. The third kappa shape index (κ3) is 4.44. The number of carbonyl (C=O) groups is 1. The van der Waals surface area contributed by atoms with E-state index in [2.05, 4.69) is 9.72 Å². The molecule has 0 aliphatic carbocycles. The van der Waals surface area contributed by atoms with Gasteiger partial charge in [0.05, 0.1) is 18.2 Å². The molecule has 0 aromatic carbocycles. The summed E-state index contributed by atoms with van der Waals surface area (Å²) in [6.45, 7) is 0. The molecule has 0 bridgehead atoms. The third-order valence-corrected chi connectivity index (χ3v) is 2.84. The lowest BCUT2D eigenvalue weighted by Crippen LogP contribution is -2.20. The molecule has 106 valence electrons. The van der Waals surface area contributed by atoms with Gasteiger partial charge in [-0.3, -0.25) is 4.79 Å². The van der Waals surface area contributed by atoms with E-state index in [1.165, 1.54) is 22.6 Å². The van der Waals surface area contributed by atoms with Gasteiger partial charge in [-0.2, -0.15) is 0 Å². The van der Waals surface area contributed by atoms with Gasteiger partial charge in [-0.1, -0.05) is 0 Å². The summed E-state index contributed by atoms with van der Waals surface area (Å²) in [5, 5.41) is 8.58. The van der Waals surface area contributed by atoms with Crippen molar-refractivity contribution in [3.8, 4) is 5.75 Å². The molecule has 0 radical (unpaired) electrons. The molecule has 0 amide bonds. The average Bonchev–Trinajstić information content (AvgIpc) is 2.19. The minimum Gasteiger partial charge on any atom is -0.481 e. The summed E-state index contributed by atoms with van der Waals surface area (Å²) in [6, 6.07) is 0. The smallest absolute Gasteiger partial charge is 0.481 e. The molecule has 0 saturated heterocycles. The minimum absolute atomic E-state index is 0.121. The van der Waals surface area contributed by atoms with E-state index < -0.39 is 42.1 Å². The van der Waals surface area contributed by atoms with E-state index in [0.29, 0.717) is 6.20 Å². The standard InChI is InChI=1S/C9H5F5INO3/c10-7(11)6-3(1-5(17)18)8(15)16-2-4(6)19-9(12,13)14/h2,7H,1H2,(H,17,18). The van der Waals surface area contributed by atoms with Crippen molar-refractivity contribution in [1.82, 2.24) is 4.98 Å². The molecule has 0 aliphatic rings. The SMILES string of the molecule is O=C(O)Cc1c(I)ncc(OC(F)(F)F)c1C(F)F. The number of aliphatic carboxylic acids is 1. The van der Waals surface area contributed by atoms with E-state index in [1.807, 2.05) is 0 Å². The molecule has 1 N–H and O–H groups in total. The largest absolute Gasteiger partial charge is 0.573 e. The molecule has 0 saturated carbocycles. The van der Waals surface area contributed by atoms with Gasteiger partial charge >= 0.3 is 12.3 Å². The summed E-state index contributed by atoms with van der Waals surface area (Å²) in [5.74, 6) is -2.66. The lowest BCUT2D eigenvalue weighted by molar-refractivity contribution is -0.275. The van der Waals surface area contributed by atoms with Crippen LogP contribution in [0.2, 0.25) is 0 Å². The number of nitrogens with zero attached hydrogens (tertiary/aromatic N) is 1. The van der Waals surface area contributed by atoms with Gasteiger partial charge in [0.1, 0.15) is 3.70 Å². The number of hydrogen-bond donors (Lipinski definition) is 1. The Bertz CT molecular complexity index is 491. The summed E-state index contributed by atoms with van der Waals surface area (Å²) in [7, 11) is 0. The van der Waals surface area contributed by atoms with Crippen molar-refractivity contribution in [3.05, 3.63) is 21.0 Å². The highest BCUT2D eigenvalue weighted by Crippen LogP contribution is 2.36. The van der Waals surface area contributed by atoms with Gasteiger partial charge in [0.15, 0.2) is 5.75 Å². The average molecular weight is 397 g/mol. The molecular weight excluding hydrogens is 392 g/mol. The first-order chi connectivity index (χ1) is 8.61. The van der Waals surface area contributed by atoms with Crippen LogP contribution in [0.1, 0.15) is 17.6 Å². The van der Waals surface area contributed by atoms with Crippen LogP contribution in [-0.4, -0.2) is 22.4 Å². The van der Waals surface area contributed by atoms with Gasteiger partial charge in [0.2, 0.25) is 0 Å². The molecule has 1 aromatic heterocycles. The van der Waals surface area contributed by atoms with E-state index >= 15 is 0 Å². The van der Waals surface area contributed by atoms with Crippen molar-refractivity contribution >= 4 is 28.6 Å². The fraction of sp³-hybridized carbons (Fsp3) is 0.333. The van der Waals surface area contributed by atoms with Gasteiger partial charge in [0.25, 0.3) is 6.43 Å². The predicted octanol–water partition coefficient (Wildman–Crippen LogP) is 3.15. The second kappa shape index (κ2) is 5.84. The van der Waals surface area contributed by atoms with Crippen molar-refractivity contribution in [2.45, 2.75) is 19.2 Å². The number of ether oxygens (including phenoxy) is 1. The van der Waals surface area contributed by atoms with Gasteiger partial charge in [-0.25, -0.2) is 13.8 Å². The zero-order valence-corrected chi connectivity index (χ0v) is 11.0. The molecule has 0 spiro atoms. The number of aromatic nitrogens is 1. The zero-order valence-electron chi connectivity index (χ0n) is 8.84. The first kappa shape index (κ1) is 15.9. The number of pyridine rings is 1. The Balaban J connectivity index is 3.36. The van der Waals surface area contributed by atoms with Gasteiger partial charge in [-0.15, -0.1) is 13.2 Å². The molecule has 1 rings (SSSR count). The van der Waals surface area contributed by atoms with E-state index in [0.717, 1.165) is 0 Å². The van der Waals surface area contributed by atoms with Crippen LogP contribution < -0.4 is 4.74 Å². The Kier molecular flexibility index (Phi) is 4.87. The van der Waals surface area contributed by atoms with Crippen molar-refractivity contribution in [2.24, 2.45) is 0 Å². The molecule has 1 heterocycles. The first-order valence-electron chi connectivity index (χ1n) is 4.54. The summed E-state index contributed by atoms with van der Waals surface area (Å²) >= 11 is 1.46. The molecule has 4 nitrogen and oxygen atoms in total. The van der Waals surface area contributed by atoms with Crippen molar-refractivity contribution in [3.63, 3.8) is 0 Å². The Morgan fingerprint density at radius 2 is 2.05 bits per heavy atom. The van der Waals surface area contributed by atoms with Crippen molar-refractivity contribution in [2.75, 3.05) is 0 Å². The van der Waals surface area contributed by atoms with E-state index in [-0.39, 0.29) is 3.70 Å². The predicted molar refractivity (Wildman–Crippen MR) is 59.9 cm³/mol. The van der Waals surface area contributed by atoms with E-state index in [9.17, 15) is 26.7 Å². The second-order valence-electron chi connectivity index (χ2n) is 3.22. The number of alkyl halides is 5. The maximum Gasteiger partial charge on any atom is 0.573 e. The Labute approximate surface area is 116 Å². The zero-order chi connectivity index (χ0) is 14.8. The first-order valence-corrected chi connectivity index (χ1v) is 5.62. The summed E-state index contributed by atoms with van der Waals surface area (Å²) in [4.78, 5) is 14.0. The topological polar surface area (TPSA) is 59.4 Å². The van der Waals surface area contributed by atoms with E-state index in [4.69, 9.17) is 5.11 Å². The molecule has 0 fully saturated rings. The number of halogens is 6. The number of rotatable bonds is 4. The summed E-state index contributed by atoms with van der Waals surface area (Å²) in [6.07, 6.45) is -8.87. The highest BCUT2D eigenvalue weighted by Gasteiger charge is 2.35. The van der Waals surface area contributed by atoms with Crippen LogP contribution in [0.25, 0.3) is 0 Å². The van der Waals surface area contributed by atoms with Crippen molar-refractivity contribution < 1.29 is 36.6 Å². The van der Waals surface area contributed by atoms with Crippen molar-refractivity contribution in [1.29, 1.82) is 0 Å². The number of carboxylic acid groups (broad SMARTS) is 1. The molecule has 0 unspecified atom stereocenters. The Hall–Kier alpha value is -1.20. The molecule has 10 heteroatoms. The maximum atomic E-state index is 12.8. The minimum atomic E-state index is -5.17. The third-order valence-electron chi connectivity index (χ3n) is 1.91. The highest BCUT2D eigenvalue weighted by atomic mass is 127. The van der Waals surface area contributed by atoms with Crippen LogP contribution in [0.4, 0.5) is 22.0 Å². The number of carboxylic acids is 1. The Morgan fingerprint density at radius 3 is 2.47 bits per heavy atom. The quantitative estimate of drug-likeness (QED) is 0.482. The molecular formula is C9H5F5INO3. The van der Waals surface area contributed by atoms with Gasteiger partial charge < -0.3 is 9.84 Å². The lowest BCUT2D eigenvalue weighted by atomic mass is 10.1. The molecule has 1 aromatic rings. The van der Waals surface area contributed by atoms with Crippen LogP contribution in [0, 0.1) is 3.70 Å². The lowest BCUT2D eigenvalue weighted by Gasteiger charge is -2.16. The number of hydrogen-bond acceptors (Lipinski definition) is 3. The van der Waals surface area contributed by atoms with Crippen LogP contribution >= 0.6 is 22.6 Å². The summed E-state index contributed by atoms with van der Waals surface area (Å²) in [5.41, 5.74) is -1.61. The molecule has 0 atom stereocenters. The Morgan fingerprint density at radius 1 is 1.47 bits per heavy atom. The fourth-order valence-electron chi connectivity index (χ4n) is 1.29. The monoisotopic (exact) mass is 397 g/mol. The highest BCUT2D eigenvalue weighted by molar-refractivity contribution is 14.1. The fourth-order valence-corrected chi connectivity index (χ4v) is 1.91. The van der Waals surface area contributed by atoms with Crippen LogP contribution in [-0.2, 0) is 11.2 Å². The van der Waals surface area contributed by atoms with Crippen LogP contribution in [0.15, 0.2) is 6.20 Å². The molecule has 0 aliphatic heterocycles. The van der Waals surface area contributed by atoms with E-state index in [1.54, 1.807) is 0 Å². The molecule has 19 heavy (non-hydrogen) atoms. The van der Waals surface area contributed by atoms with Gasteiger partial charge in [-0.05, 0) is 22.6 Å². The summed E-state index contributed by atoms with van der Waals surface area (Å²) < 4.78 is 65.2. The van der Waals surface area contributed by atoms with Crippen LogP contribution in [0.5, 0.6) is 5.75 Å². The van der Waals surface area contributed by atoms with Crippen LogP contribution in [0.3, 0.4) is 0 Å². The van der Waals surface area contributed by atoms with Gasteiger partial charge in [0, 0.05) is 5.56 Å².